The average molecular weight is 578 g/mol. The van der Waals surface area contributed by atoms with E-state index in [2.05, 4.69) is 15.4 Å². The Hall–Kier alpha value is -3.98. The van der Waals surface area contributed by atoms with Crippen LogP contribution in [-0.4, -0.2) is 64.0 Å². The van der Waals surface area contributed by atoms with Crippen LogP contribution in [0.2, 0.25) is 5.02 Å². The predicted octanol–water partition coefficient (Wildman–Crippen LogP) is 6.10. The van der Waals surface area contributed by atoms with Crippen molar-refractivity contribution in [2.75, 3.05) is 26.7 Å². The predicted molar refractivity (Wildman–Crippen MR) is 159 cm³/mol. The minimum absolute atomic E-state index is 0.00860. The van der Waals surface area contributed by atoms with Crippen LogP contribution in [0.4, 0.5) is 4.79 Å². The number of nitrogens with zero attached hydrogens (tertiary/aromatic N) is 3. The summed E-state index contributed by atoms with van der Waals surface area (Å²) >= 11 is 6.55. The normalized spacial score (nSPS) is 14.3. The lowest BCUT2D eigenvalue weighted by atomic mass is 9.91. The Balaban J connectivity index is 1.34. The van der Waals surface area contributed by atoms with Crippen molar-refractivity contribution in [3.05, 3.63) is 76.7 Å². The van der Waals surface area contributed by atoms with Gasteiger partial charge in [-0.15, -0.1) is 0 Å². The standard InChI is InChI=1S/C31H36ClN5O4/c1-31(2,3)41-30(39)36-15-12-20(13-16-36)28-24(19-35-37(28)27-8-6-5-7-25(27)32)29(38)33-14-11-21-18-34-26-10-9-22(40-4)17-23(21)26/h5-10,17-20,34H,11-16H2,1-4H3,(H,33,38). The largest absolute Gasteiger partial charge is 0.497 e. The van der Waals surface area contributed by atoms with E-state index in [-0.39, 0.29) is 17.9 Å². The van der Waals surface area contributed by atoms with Crippen molar-refractivity contribution in [2.24, 2.45) is 0 Å². The van der Waals surface area contributed by atoms with Crippen LogP contribution in [0.1, 0.15) is 61.1 Å². The fraction of sp³-hybridized carbons (Fsp3) is 0.387. The van der Waals surface area contributed by atoms with Crippen LogP contribution in [0, 0.1) is 0 Å². The summed E-state index contributed by atoms with van der Waals surface area (Å²) in [5, 5.41) is 9.32. The molecule has 10 heteroatoms. The SMILES string of the molecule is COc1ccc2[nH]cc(CCNC(=O)c3cnn(-c4ccccc4Cl)c3C3CCN(C(=O)OC(C)(C)C)CC3)c2c1. The zero-order valence-corrected chi connectivity index (χ0v) is 24.6. The molecular weight excluding hydrogens is 542 g/mol. The van der Waals surface area contributed by atoms with Gasteiger partial charge in [0, 0.05) is 42.7 Å². The number of benzene rings is 2. The van der Waals surface area contributed by atoms with Crippen molar-refractivity contribution < 1.29 is 19.1 Å². The molecule has 41 heavy (non-hydrogen) atoms. The van der Waals surface area contributed by atoms with E-state index < -0.39 is 5.60 Å². The number of aromatic nitrogens is 3. The molecule has 1 aliphatic heterocycles. The number of methoxy groups -OCH3 is 1. The van der Waals surface area contributed by atoms with E-state index in [4.69, 9.17) is 21.1 Å². The minimum atomic E-state index is -0.555. The van der Waals surface area contributed by atoms with E-state index in [1.807, 2.05) is 69.4 Å². The Labute approximate surface area is 244 Å². The van der Waals surface area contributed by atoms with Crippen molar-refractivity contribution in [2.45, 2.75) is 51.6 Å². The summed E-state index contributed by atoms with van der Waals surface area (Å²) in [4.78, 5) is 31.2. The number of fused-ring (bicyclic) bond motifs is 1. The Morgan fingerprint density at radius 1 is 1.15 bits per heavy atom. The van der Waals surface area contributed by atoms with Gasteiger partial charge in [-0.05, 0) is 75.9 Å². The quantitative estimate of drug-likeness (QED) is 0.276. The van der Waals surface area contributed by atoms with Gasteiger partial charge >= 0.3 is 6.09 Å². The van der Waals surface area contributed by atoms with Crippen LogP contribution in [0.15, 0.2) is 54.9 Å². The molecule has 0 spiro atoms. The maximum Gasteiger partial charge on any atom is 0.410 e. The molecule has 2 N–H and O–H groups in total. The summed E-state index contributed by atoms with van der Waals surface area (Å²) in [6.07, 6.45) is 5.27. The van der Waals surface area contributed by atoms with Crippen molar-refractivity contribution in [3.8, 4) is 11.4 Å². The summed E-state index contributed by atoms with van der Waals surface area (Å²) < 4.78 is 12.7. The third kappa shape index (κ3) is 6.35. The molecule has 0 aliphatic carbocycles. The highest BCUT2D eigenvalue weighted by molar-refractivity contribution is 6.32. The van der Waals surface area contributed by atoms with Gasteiger partial charge in [-0.2, -0.15) is 5.10 Å². The first-order valence-electron chi connectivity index (χ1n) is 13.9. The second-order valence-electron chi connectivity index (χ2n) is 11.3. The van der Waals surface area contributed by atoms with Gasteiger partial charge in [0.1, 0.15) is 11.4 Å². The molecule has 0 radical (unpaired) electrons. The molecule has 4 aromatic rings. The third-order valence-corrected chi connectivity index (χ3v) is 7.64. The van der Waals surface area contributed by atoms with Crippen LogP contribution >= 0.6 is 11.6 Å². The minimum Gasteiger partial charge on any atom is -0.497 e. The van der Waals surface area contributed by atoms with E-state index in [0.29, 0.717) is 55.2 Å². The third-order valence-electron chi connectivity index (χ3n) is 7.32. The number of carbonyl (C=O) groups excluding carboxylic acids is 2. The van der Waals surface area contributed by atoms with Crippen molar-refractivity contribution in [1.29, 1.82) is 0 Å². The second-order valence-corrected chi connectivity index (χ2v) is 11.7. The summed E-state index contributed by atoms with van der Waals surface area (Å²) in [5.74, 6) is 0.608. The topological polar surface area (TPSA) is 101 Å². The number of nitrogens with one attached hydrogen (secondary N) is 2. The average Bonchev–Trinajstić information content (AvgIpc) is 3.57. The summed E-state index contributed by atoms with van der Waals surface area (Å²) in [6, 6.07) is 13.4. The van der Waals surface area contributed by atoms with Crippen LogP contribution < -0.4 is 10.1 Å². The number of carbonyl (C=O) groups is 2. The zero-order chi connectivity index (χ0) is 29.1. The highest BCUT2D eigenvalue weighted by Gasteiger charge is 2.32. The molecule has 1 saturated heterocycles. The van der Waals surface area contributed by atoms with E-state index >= 15 is 0 Å². The molecule has 0 atom stereocenters. The van der Waals surface area contributed by atoms with Crippen molar-refractivity contribution in [1.82, 2.24) is 25.0 Å². The second kappa shape index (κ2) is 11.9. The first kappa shape index (κ1) is 28.5. The number of likely N-dealkylation sites (tertiary alicyclic amines) is 1. The van der Waals surface area contributed by atoms with Gasteiger partial charge in [0.2, 0.25) is 0 Å². The summed E-state index contributed by atoms with van der Waals surface area (Å²) in [5.41, 5.74) is 3.59. The lowest BCUT2D eigenvalue weighted by Gasteiger charge is -2.34. The zero-order valence-electron chi connectivity index (χ0n) is 23.9. The molecule has 2 aromatic heterocycles. The number of hydrogen-bond acceptors (Lipinski definition) is 5. The number of hydrogen-bond donors (Lipinski definition) is 2. The van der Waals surface area contributed by atoms with Gasteiger partial charge in [-0.25, -0.2) is 9.48 Å². The maximum absolute atomic E-state index is 13.5. The van der Waals surface area contributed by atoms with Gasteiger partial charge in [-0.1, -0.05) is 23.7 Å². The number of piperidine rings is 1. The van der Waals surface area contributed by atoms with Gasteiger partial charge < -0.3 is 24.7 Å². The summed E-state index contributed by atoms with van der Waals surface area (Å²) in [6.45, 7) is 7.09. The number of rotatable bonds is 7. The van der Waals surface area contributed by atoms with Gasteiger partial charge in [0.15, 0.2) is 0 Å². The molecule has 9 nitrogen and oxygen atoms in total. The molecule has 3 heterocycles. The van der Waals surface area contributed by atoms with Crippen LogP contribution in [0.25, 0.3) is 16.6 Å². The van der Waals surface area contributed by atoms with Gasteiger partial charge in [0.25, 0.3) is 5.91 Å². The molecule has 1 aliphatic rings. The molecule has 0 unspecified atom stereocenters. The smallest absolute Gasteiger partial charge is 0.410 e. The van der Waals surface area contributed by atoms with E-state index in [9.17, 15) is 9.59 Å². The van der Waals surface area contributed by atoms with Crippen LogP contribution in [-0.2, 0) is 11.2 Å². The molecule has 5 rings (SSSR count). The number of ether oxygens (including phenoxy) is 2. The molecule has 1 fully saturated rings. The van der Waals surface area contributed by atoms with Crippen molar-refractivity contribution >= 4 is 34.5 Å². The van der Waals surface area contributed by atoms with E-state index in [0.717, 1.165) is 27.9 Å². The number of halogens is 1. The Kier molecular flexibility index (Phi) is 8.26. The highest BCUT2D eigenvalue weighted by Crippen LogP contribution is 2.34. The lowest BCUT2D eigenvalue weighted by Crippen LogP contribution is -2.41. The van der Waals surface area contributed by atoms with Gasteiger partial charge in [0.05, 0.1) is 35.3 Å². The molecule has 0 saturated carbocycles. The summed E-state index contributed by atoms with van der Waals surface area (Å²) in [7, 11) is 1.65. The molecule has 2 amide bonds. The fourth-order valence-electron chi connectivity index (χ4n) is 5.30. The van der Waals surface area contributed by atoms with Crippen molar-refractivity contribution in [3.63, 3.8) is 0 Å². The maximum atomic E-state index is 13.5. The monoisotopic (exact) mass is 577 g/mol. The first-order valence-corrected chi connectivity index (χ1v) is 14.3. The van der Waals surface area contributed by atoms with Crippen LogP contribution in [0.5, 0.6) is 5.75 Å². The van der Waals surface area contributed by atoms with Gasteiger partial charge in [-0.3, -0.25) is 4.79 Å². The highest BCUT2D eigenvalue weighted by atomic mass is 35.5. The fourth-order valence-corrected chi connectivity index (χ4v) is 5.52. The molecule has 216 valence electrons. The molecular formula is C31H36ClN5O4. The van der Waals surface area contributed by atoms with E-state index in [1.165, 1.54) is 0 Å². The first-order chi connectivity index (χ1) is 19.6. The number of para-hydroxylation sites is 1. The Morgan fingerprint density at radius 3 is 2.61 bits per heavy atom. The van der Waals surface area contributed by atoms with E-state index in [1.54, 1.807) is 22.9 Å². The Bertz CT molecular complexity index is 1550. The Morgan fingerprint density at radius 2 is 1.90 bits per heavy atom. The molecule has 2 aromatic carbocycles. The lowest BCUT2D eigenvalue weighted by molar-refractivity contribution is 0.0203. The van der Waals surface area contributed by atoms with Crippen LogP contribution in [0.3, 0.4) is 0 Å². The number of H-pyrrole nitrogens is 1. The number of aromatic amines is 1. The number of amides is 2. The molecule has 0 bridgehead atoms.